The fourth-order valence-corrected chi connectivity index (χ4v) is 5.15. The Bertz CT molecular complexity index is 1160. The fraction of sp³-hybridized carbons (Fsp3) is 0.174. The summed E-state index contributed by atoms with van der Waals surface area (Å²) >= 11 is 0. The van der Waals surface area contributed by atoms with Gasteiger partial charge in [-0.3, -0.25) is 4.79 Å². The zero-order valence-corrected chi connectivity index (χ0v) is 16.7. The molecule has 0 fully saturated rings. The molecule has 0 spiro atoms. The van der Waals surface area contributed by atoms with Crippen molar-refractivity contribution in [3.63, 3.8) is 0 Å². The van der Waals surface area contributed by atoms with Gasteiger partial charge in [0.1, 0.15) is 5.82 Å². The van der Waals surface area contributed by atoms with Gasteiger partial charge >= 0.3 is 0 Å². The van der Waals surface area contributed by atoms with Crippen LogP contribution >= 0.6 is 0 Å². The van der Waals surface area contributed by atoms with Crippen molar-refractivity contribution in [3.05, 3.63) is 101 Å². The van der Waals surface area contributed by atoms with Crippen LogP contribution in [0.4, 0.5) is 4.39 Å². The lowest BCUT2D eigenvalue weighted by Crippen LogP contribution is -2.39. The normalized spacial score (nSPS) is 17.0. The van der Waals surface area contributed by atoms with Gasteiger partial charge in [-0.25, -0.2) is 17.1 Å². The third kappa shape index (κ3) is 3.56. The molecule has 0 N–H and O–H groups in total. The number of aryl methyl sites for hydroxylation is 1. The molecule has 0 radical (unpaired) electrons. The van der Waals surface area contributed by atoms with E-state index in [0.717, 1.165) is 15.4 Å². The summed E-state index contributed by atoms with van der Waals surface area (Å²) in [6.45, 7) is 1.79. The number of amides is 1. The summed E-state index contributed by atoms with van der Waals surface area (Å²) in [6.07, 6.45) is -0.295. The zero-order chi connectivity index (χ0) is 20.6. The minimum atomic E-state index is -4.06. The smallest absolute Gasteiger partial charge is 0.266 e. The van der Waals surface area contributed by atoms with E-state index in [1.54, 1.807) is 24.3 Å². The molecular weight excluding hydrogens is 389 g/mol. The predicted octanol–water partition coefficient (Wildman–Crippen LogP) is 4.04. The van der Waals surface area contributed by atoms with Gasteiger partial charge in [0.2, 0.25) is 5.91 Å². The maximum Gasteiger partial charge on any atom is 0.266 e. The Kier molecular flexibility index (Phi) is 4.96. The van der Waals surface area contributed by atoms with Gasteiger partial charge in [0.05, 0.1) is 11.3 Å². The van der Waals surface area contributed by atoms with E-state index in [2.05, 4.69) is 0 Å². The molecule has 29 heavy (non-hydrogen) atoms. The monoisotopic (exact) mass is 409 g/mol. The number of carbonyl (C=O) groups excluding carboxylic acids is 1. The molecule has 0 saturated carbocycles. The van der Waals surface area contributed by atoms with Crippen LogP contribution in [-0.2, 0) is 21.2 Å². The van der Waals surface area contributed by atoms with Gasteiger partial charge in [-0.05, 0) is 36.2 Å². The molecule has 1 atom stereocenters. The van der Waals surface area contributed by atoms with Gasteiger partial charge in [-0.2, -0.15) is 0 Å². The van der Waals surface area contributed by atoms with Gasteiger partial charge < -0.3 is 0 Å². The molecule has 3 aromatic carbocycles. The first-order valence-electron chi connectivity index (χ1n) is 9.32. The molecule has 1 aliphatic heterocycles. The van der Waals surface area contributed by atoms with Crippen LogP contribution in [-0.4, -0.2) is 25.2 Å². The predicted molar refractivity (Wildman–Crippen MR) is 108 cm³/mol. The van der Waals surface area contributed by atoms with Crippen molar-refractivity contribution in [2.75, 3.05) is 6.54 Å². The molecule has 4 rings (SSSR count). The zero-order valence-electron chi connectivity index (χ0n) is 15.9. The van der Waals surface area contributed by atoms with E-state index in [-0.39, 0.29) is 23.4 Å². The van der Waals surface area contributed by atoms with E-state index < -0.39 is 27.7 Å². The number of carbonyl (C=O) groups is 1. The van der Waals surface area contributed by atoms with Crippen LogP contribution in [0.3, 0.4) is 0 Å². The molecule has 4 nitrogen and oxygen atoms in total. The van der Waals surface area contributed by atoms with E-state index in [1.807, 2.05) is 37.3 Å². The van der Waals surface area contributed by atoms with Gasteiger partial charge in [0.15, 0.2) is 0 Å². The molecular formula is C23H20FNO3S. The van der Waals surface area contributed by atoms with E-state index in [0.29, 0.717) is 5.56 Å². The third-order valence-electron chi connectivity index (χ3n) is 5.30. The molecule has 1 amide bonds. The highest BCUT2D eigenvalue weighted by molar-refractivity contribution is 7.89. The average Bonchev–Trinajstić information content (AvgIpc) is 2.86. The lowest BCUT2D eigenvalue weighted by molar-refractivity contribution is -0.125. The molecule has 1 unspecified atom stereocenters. The highest BCUT2D eigenvalue weighted by Gasteiger charge is 2.37. The second-order valence-electron chi connectivity index (χ2n) is 7.19. The largest absolute Gasteiger partial charge is 0.273 e. The maximum absolute atomic E-state index is 14.6. The number of fused-ring (bicyclic) bond motifs is 1. The Labute approximate surface area is 169 Å². The van der Waals surface area contributed by atoms with Crippen molar-refractivity contribution < 1.29 is 17.6 Å². The number of nitrogens with zero attached hydrogens (tertiary/aromatic N) is 1. The first-order valence-corrected chi connectivity index (χ1v) is 10.8. The van der Waals surface area contributed by atoms with Gasteiger partial charge in [-0.1, -0.05) is 60.2 Å². The van der Waals surface area contributed by atoms with Crippen molar-refractivity contribution in [2.24, 2.45) is 0 Å². The summed E-state index contributed by atoms with van der Waals surface area (Å²) < 4.78 is 42.1. The van der Waals surface area contributed by atoms with Crippen molar-refractivity contribution in [1.82, 2.24) is 4.31 Å². The molecule has 0 aromatic heterocycles. The Morgan fingerprint density at radius 1 is 0.931 bits per heavy atom. The van der Waals surface area contributed by atoms with Crippen LogP contribution in [0.25, 0.3) is 0 Å². The molecule has 1 heterocycles. The molecule has 148 valence electrons. The Balaban J connectivity index is 1.85. The maximum atomic E-state index is 14.6. The summed E-state index contributed by atoms with van der Waals surface area (Å²) in [5, 5.41) is 0. The van der Waals surface area contributed by atoms with Crippen LogP contribution in [0, 0.1) is 12.7 Å². The minimum Gasteiger partial charge on any atom is -0.273 e. The van der Waals surface area contributed by atoms with Crippen molar-refractivity contribution in [2.45, 2.75) is 24.2 Å². The number of rotatable bonds is 3. The van der Waals surface area contributed by atoms with Crippen molar-refractivity contribution in [1.29, 1.82) is 0 Å². The quantitative estimate of drug-likeness (QED) is 0.656. The summed E-state index contributed by atoms with van der Waals surface area (Å²) in [5.74, 6) is -1.57. The second kappa shape index (κ2) is 7.44. The number of sulfonamides is 1. The van der Waals surface area contributed by atoms with Crippen molar-refractivity contribution >= 4 is 15.9 Å². The topological polar surface area (TPSA) is 54.5 Å². The summed E-state index contributed by atoms with van der Waals surface area (Å²) in [4.78, 5) is 13.0. The number of hydrogen-bond acceptors (Lipinski definition) is 3. The standard InChI is InChI=1S/C23H20FNO3S/c1-16-10-12-18(13-11-16)29(27,28)25-15-21(17-6-3-2-4-7-17)19-8-5-9-22(24)20(19)14-23(25)26/h2-13,21H,14-15H2,1H3. The van der Waals surface area contributed by atoms with Crippen LogP contribution in [0.2, 0.25) is 0 Å². The first-order chi connectivity index (χ1) is 13.9. The Morgan fingerprint density at radius 2 is 1.62 bits per heavy atom. The molecule has 1 aliphatic rings. The highest BCUT2D eigenvalue weighted by Crippen LogP contribution is 2.35. The molecule has 6 heteroatoms. The lowest BCUT2D eigenvalue weighted by atomic mass is 9.88. The average molecular weight is 409 g/mol. The van der Waals surface area contributed by atoms with Crippen LogP contribution < -0.4 is 0 Å². The van der Waals surface area contributed by atoms with E-state index in [4.69, 9.17) is 0 Å². The summed E-state index contributed by atoms with van der Waals surface area (Å²) in [7, 11) is -4.06. The van der Waals surface area contributed by atoms with Crippen LogP contribution in [0.5, 0.6) is 0 Å². The fourth-order valence-electron chi connectivity index (χ4n) is 3.73. The van der Waals surface area contributed by atoms with E-state index in [9.17, 15) is 17.6 Å². The van der Waals surface area contributed by atoms with Crippen LogP contribution in [0.1, 0.15) is 28.2 Å². The first kappa shape index (κ1) is 19.3. The SMILES string of the molecule is Cc1ccc(S(=O)(=O)N2CC(c3ccccc3)c3cccc(F)c3CC2=O)cc1. The third-order valence-corrected chi connectivity index (χ3v) is 7.10. The van der Waals surface area contributed by atoms with E-state index in [1.165, 1.54) is 18.2 Å². The van der Waals surface area contributed by atoms with Gasteiger partial charge in [-0.15, -0.1) is 0 Å². The summed E-state index contributed by atoms with van der Waals surface area (Å²) in [6, 6.07) is 20.3. The van der Waals surface area contributed by atoms with E-state index >= 15 is 0 Å². The Hall–Kier alpha value is -2.99. The molecule has 0 bridgehead atoms. The van der Waals surface area contributed by atoms with Gasteiger partial charge in [0.25, 0.3) is 10.0 Å². The van der Waals surface area contributed by atoms with Crippen molar-refractivity contribution in [3.8, 4) is 0 Å². The second-order valence-corrected chi connectivity index (χ2v) is 9.05. The number of halogens is 1. The highest BCUT2D eigenvalue weighted by atomic mass is 32.2. The molecule has 0 saturated heterocycles. The van der Waals surface area contributed by atoms with Crippen LogP contribution in [0.15, 0.2) is 77.7 Å². The number of benzene rings is 3. The van der Waals surface area contributed by atoms with Gasteiger partial charge in [0, 0.05) is 18.0 Å². The lowest BCUT2D eigenvalue weighted by Gasteiger charge is -2.25. The summed E-state index contributed by atoms with van der Waals surface area (Å²) in [5.41, 5.74) is 2.65. The molecule has 0 aliphatic carbocycles. The number of hydrogen-bond donors (Lipinski definition) is 0. The minimum absolute atomic E-state index is 0.0506. The Morgan fingerprint density at radius 3 is 2.31 bits per heavy atom. The molecule has 3 aromatic rings.